The Balaban J connectivity index is 1.52. The molecule has 4 rings (SSSR count). The van der Waals surface area contributed by atoms with Gasteiger partial charge in [-0.1, -0.05) is 63.1 Å². The van der Waals surface area contributed by atoms with Crippen molar-refractivity contribution in [1.82, 2.24) is 0 Å². The number of ketones is 3. The third-order valence-electron chi connectivity index (χ3n) is 8.81. The van der Waals surface area contributed by atoms with E-state index in [2.05, 4.69) is 13.0 Å². The van der Waals surface area contributed by atoms with Crippen molar-refractivity contribution in [2.24, 2.45) is 17.8 Å². The van der Waals surface area contributed by atoms with Crippen LogP contribution in [0.1, 0.15) is 86.3 Å². The molecule has 0 saturated heterocycles. The van der Waals surface area contributed by atoms with E-state index in [-0.39, 0.29) is 53.9 Å². The number of methoxy groups -OCH3 is 1. The zero-order valence-electron chi connectivity index (χ0n) is 26.6. The van der Waals surface area contributed by atoms with E-state index in [1.54, 1.807) is 31.4 Å². The molecule has 0 amide bonds. The molecule has 3 aromatic rings. The number of esters is 1. The number of Topliss-reactive ketones (excluding diaryl/α,β-unsaturated/α-hetero) is 3. The molecule has 0 fully saturated rings. The molecule has 6 heteroatoms. The summed E-state index contributed by atoms with van der Waals surface area (Å²) in [5.41, 5.74) is 5.73. The summed E-state index contributed by atoms with van der Waals surface area (Å²) in [6, 6.07) is 18.9. The summed E-state index contributed by atoms with van der Waals surface area (Å²) in [5, 5.41) is 0. The molecule has 0 saturated carbocycles. The van der Waals surface area contributed by atoms with Crippen LogP contribution in [0.4, 0.5) is 0 Å². The summed E-state index contributed by atoms with van der Waals surface area (Å²) in [5.74, 6) is 1.04. The molecule has 44 heavy (non-hydrogen) atoms. The normalized spacial score (nSPS) is 15.7. The number of aryl methyl sites for hydroxylation is 1. The molecule has 6 nitrogen and oxygen atoms in total. The summed E-state index contributed by atoms with van der Waals surface area (Å²) >= 11 is 0. The number of ether oxygens (including phenoxy) is 2. The van der Waals surface area contributed by atoms with Crippen LogP contribution in [0.25, 0.3) is 11.1 Å². The van der Waals surface area contributed by atoms with Crippen LogP contribution in [0, 0.1) is 24.7 Å². The Morgan fingerprint density at radius 2 is 1.59 bits per heavy atom. The van der Waals surface area contributed by atoms with Crippen LogP contribution < -0.4 is 9.47 Å². The van der Waals surface area contributed by atoms with Crippen molar-refractivity contribution < 1.29 is 28.7 Å². The van der Waals surface area contributed by atoms with Gasteiger partial charge in [0.25, 0.3) is 0 Å². The number of carbonyl (C=O) groups excluding carboxylic acids is 4. The van der Waals surface area contributed by atoms with Crippen molar-refractivity contribution in [3.8, 4) is 22.6 Å². The fourth-order valence-electron chi connectivity index (χ4n) is 6.79. The topological polar surface area (TPSA) is 86.7 Å². The Morgan fingerprint density at radius 1 is 0.909 bits per heavy atom. The quantitative estimate of drug-likeness (QED) is 0.107. The maximum atomic E-state index is 13.5. The molecule has 3 aromatic carbocycles. The molecule has 0 aliphatic heterocycles. The molecule has 1 aliphatic rings. The second-order valence-electron chi connectivity index (χ2n) is 12.1. The van der Waals surface area contributed by atoms with Gasteiger partial charge >= 0.3 is 5.97 Å². The molecule has 0 N–H and O–H groups in total. The highest BCUT2D eigenvalue weighted by Crippen LogP contribution is 2.40. The molecule has 3 atom stereocenters. The first-order valence-corrected chi connectivity index (χ1v) is 15.7. The van der Waals surface area contributed by atoms with E-state index in [0.717, 1.165) is 59.1 Å². The highest BCUT2D eigenvalue weighted by Gasteiger charge is 2.34. The van der Waals surface area contributed by atoms with E-state index in [4.69, 9.17) is 9.47 Å². The predicted molar refractivity (Wildman–Crippen MR) is 172 cm³/mol. The lowest BCUT2D eigenvalue weighted by atomic mass is 9.71. The van der Waals surface area contributed by atoms with Gasteiger partial charge in [0, 0.05) is 17.9 Å². The van der Waals surface area contributed by atoms with Gasteiger partial charge in [0.05, 0.1) is 20.0 Å². The molecule has 0 spiro atoms. The second-order valence-corrected chi connectivity index (χ2v) is 12.1. The van der Waals surface area contributed by atoms with Crippen LogP contribution in [0.15, 0.2) is 60.7 Å². The Labute approximate surface area is 261 Å². The van der Waals surface area contributed by atoms with Gasteiger partial charge in [0.2, 0.25) is 0 Å². The first kappa shape index (κ1) is 32.8. The fourth-order valence-corrected chi connectivity index (χ4v) is 6.79. The number of benzene rings is 3. The van der Waals surface area contributed by atoms with Crippen LogP contribution in [-0.4, -0.2) is 30.4 Å². The van der Waals surface area contributed by atoms with Crippen molar-refractivity contribution in [3.05, 3.63) is 82.9 Å². The predicted octanol–water partition coefficient (Wildman–Crippen LogP) is 7.94. The summed E-state index contributed by atoms with van der Waals surface area (Å²) in [4.78, 5) is 50.8. The molecule has 0 heterocycles. The maximum absolute atomic E-state index is 13.5. The Bertz CT molecular complexity index is 1480. The van der Waals surface area contributed by atoms with Crippen LogP contribution in [0.5, 0.6) is 11.5 Å². The highest BCUT2D eigenvalue weighted by molar-refractivity contribution is 6.02. The number of hydrogen-bond acceptors (Lipinski definition) is 6. The first-order chi connectivity index (χ1) is 21.1. The number of rotatable bonds is 14. The lowest BCUT2D eigenvalue weighted by Gasteiger charge is -2.32. The molecule has 0 aromatic heterocycles. The van der Waals surface area contributed by atoms with E-state index in [1.165, 1.54) is 6.92 Å². The summed E-state index contributed by atoms with van der Waals surface area (Å²) in [6.07, 6.45) is 4.74. The third-order valence-corrected chi connectivity index (χ3v) is 8.81. The van der Waals surface area contributed by atoms with Crippen molar-refractivity contribution in [2.75, 3.05) is 7.11 Å². The Morgan fingerprint density at radius 3 is 2.20 bits per heavy atom. The molecule has 232 valence electrons. The SMILES string of the molecule is CCCC(CC1CC(=O)c2c(C)ccc(-c3ccc(CC(=O)Oc4ccc(OC)cc4)cc3)c2C1)C(CC)C(=O)CC(C)=O. The van der Waals surface area contributed by atoms with Crippen molar-refractivity contribution in [2.45, 2.75) is 79.1 Å². The van der Waals surface area contributed by atoms with Gasteiger partial charge in [-0.05, 0) is 97.0 Å². The van der Waals surface area contributed by atoms with Crippen LogP contribution in [0.3, 0.4) is 0 Å². The first-order valence-electron chi connectivity index (χ1n) is 15.7. The van der Waals surface area contributed by atoms with E-state index in [9.17, 15) is 19.2 Å². The molecule has 0 bridgehead atoms. The van der Waals surface area contributed by atoms with Gasteiger partial charge in [0.15, 0.2) is 5.78 Å². The average molecular weight is 597 g/mol. The standard InChI is InChI=1S/C38H44O6/c1-6-8-29(32(7-2)35(40)19-25(4)39)20-27-21-34-33(18-9-24(3)38(34)36(41)22-27)28-12-10-26(11-13-28)23-37(42)44-31-16-14-30(43-5)15-17-31/h9-18,27,29,32H,6-8,19-23H2,1-5H3. The Kier molecular flexibility index (Phi) is 11.3. The molecule has 1 aliphatic carbocycles. The van der Waals surface area contributed by atoms with Gasteiger partial charge in [-0.25, -0.2) is 0 Å². The van der Waals surface area contributed by atoms with E-state index in [1.807, 2.05) is 44.2 Å². The fraction of sp³-hybridized carbons (Fsp3) is 0.421. The zero-order valence-corrected chi connectivity index (χ0v) is 26.6. The summed E-state index contributed by atoms with van der Waals surface area (Å²) in [7, 11) is 1.58. The third kappa shape index (κ3) is 8.10. The number of hydrogen-bond donors (Lipinski definition) is 0. The van der Waals surface area contributed by atoms with Gasteiger partial charge in [-0.2, -0.15) is 0 Å². The molecular weight excluding hydrogens is 552 g/mol. The molecular formula is C38H44O6. The van der Waals surface area contributed by atoms with Crippen LogP contribution >= 0.6 is 0 Å². The summed E-state index contributed by atoms with van der Waals surface area (Å²) in [6.45, 7) is 7.61. The highest BCUT2D eigenvalue weighted by atomic mass is 16.5. The van der Waals surface area contributed by atoms with Gasteiger partial charge in [0.1, 0.15) is 23.1 Å². The zero-order chi connectivity index (χ0) is 31.8. The number of carbonyl (C=O) groups is 4. The minimum atomic E-state index is -0.349. The minimum absolute atomic E-state index is 0.0102. The second kappa shape index (κ2) is 15.1. The van der Waals surface area contributed by atoms with Crippen LogP contribution in [-0.2, 0) is 27.2 Å². The smallest absolute Gasteiger partial charge is 0.315 e. The minimum Gasteiger partial charge on any atom is -0.497 e. The summed E-state index contributed by atoms with van der Waals surface area (Å²) < 4.78 is 10.6. The van der Waals surface area contributed by atoms with E-state index >= 15 is 0 Å². The maximum Gasteiger partial charge on any atom is 0.315 e. The molecule has 3 unspecified atom stereocenters. The monoisotopic (exact) mass is 596 g/mol. The van der Waals surface area contributed by atoms with E-state index in [0.29, 0.717) is 24.3 Å². The van der Waals surface area contributed by atoms with Crippen LogP contribution in [0.2, 0.25) is 0 Å². The average Bonchev–Trinajstić information content (AvgIpc) is 2.98. The largest absolute Gasteiger partial charge is 0.497 e. The Hall–Kier alpha value is -4.06. The number of fused-ring (bicyclic) bond motifs is 1. The van der Waals surface area contributed by atoms with E-state index < -0.39 is 0 Å². The van der Waals surface area contributed by atoms with Crippen molar-refractivity contribution in [1.29, 1.82) is 0 Å². The van der Waals surface area contributed by atoms with Gasteiger partial charge in [-0.15, -0.1) is 0 Å². The van der Waals surface area contributed by atoms with Gasteiger partial charge < -0.3 is 9.47 Å². The van der Waals surface area contributed by atoms with Gasteiger partial charge in [-0.3, -0.25) is 19.2 Å². The molecule has 0 radical (unpaired) electrons. The van der Waals surface area contributed by atoms with Crippen molar-refractivity contribution >= 4 is 23.3 Å². The lowest BCUT2D eigenvalue weighted by Crippen LogP contribution is -2.30. The lowest BCUT2D eigenvalue weighted by molar-refractivity contribution is -0.134. The van der Waals surface area contributed by atoms with Crippen molar-refractivity contribution in [3.63, 3.8) is 0 Å².